The Balaban J connectivity index is 5.16. The SMILES string of the molecule is CCCCCCCCCCCCCCCCCCCCCCCC(=O)O[C@H](COC(=O)CCCCCCCCCCCCCC(C)C)COP(=O)(O)OC[C@@H](O)COP(=O)(O)OC[C@@H](COC(=O)CCCCCCCCC)OC(=O)CCCCCCCCCCCCCC. The second kappa shape index (κ2) is 68.2. The summed E-state index contributed by atoms with van der Waals surface area (Å²) in [6.07, 6.45) is 57.1. The molecular weight excluding hydrogens is 1230 g/mol. The molecule has 0 aromatic rings. The minimum Gasteiger partial charge on any atom is -0.462 e. The first-order chi connectivity index (χ1) is 45.5. The Hall–Kier alpha value is -1.94. The van der Waals surface area contributed by atoms with Gasteiger partial charge in [0.05, 0.1) is 26.4 Å². The van der Waals surface area contributed by atoms with Crippen molar-refractivity contribution in [3.8, 4) is 0 Å². The summed E-state index contributed by atoms with van der Waals surface area (Å²) in [6, 6.07) is 0. The number of aliphatic hydroxyl groups excluding tert-OH is 1. The Kier molecular flexibility index (Phi) is 66.8. The van der Waals surface area contributed by atoms with Crippen molar-refractivity contribution in [3.63, 3.8) is 0 Å². The number of rotatable bonds is 75. The Morgan fingerprint density at radius 2 is 0.489 bits per heavy atom. The molecule has 0 aliphatic heterocycles. The van der Waals surface area contributed by atoms with Crippen LogP contribution in [0.2, 0.25) is 0 Å². The van der Waals surface area contributed by atoms with Crippen molar-refractivity contribution in [2.75, 3.05) is 39.6 Å². The average Bonchev–Trinajstić information content (AvgIpc) is 2.15. The molecular formula is C75H146O17P2. The highest BCUT2D eigenvalue weighted by Crippen LogP contribution is 2.45. The van der Waals surface area contributed by atoms with Crippen LogP contribution < -0.4 is 0 Å². The largest absolute Gasteiger partial charge is 0.472 e. The van der Waals surface area contributed by atoms with Gasteiger partial charge >= 0.3 is 39.5 Å². The number of unbranched alkanes of at least 4 members (excludes halogenated alkanes) is 47. The molecule has 0 amide bonds. The van der Waals surface area contributed by atoms with E-state index < -0.39 is 97.5 Å². The van der Waals surface area contributed by atoms with Gasteiger partial charge in [-0.15, -0.1) is 0 Å². The topological polar surface area (TPSA) is 237 Å². The lowest BCUT2D eigenvalue weighted by atomic mass is 10.0. The maximum absolute atomic E-state index is 13.1. The maximum atomic E-state index is 13.1. The van der Waals surface area contributed by atoms with Crippen LogP contribution in [0.15, 0.2) is 0 Å². The molecule has 0 aliphatic carbocycles. The Morgan fingerprint density at radius 3 is 0.723 bits per heavy atom. The standard InChI is InChI=1S/C75H146O17P2/c1-6-9-12-15-18-20-22-24-25-26-27-28-29-30-31-32-36-41-46-51-56-61-75(80)92-71(65-86-73(78)59-54-49-44-39-37-33-34-38-43-47-52-57-68(4)5)67-90-94(83,84)88-63-69(76)62-87-93(81,82)89-66-70(64-85-72(77)58-53-48-42-17-14-11-8-3)91-74(79)60-55-50-45-40-35-23-21-19-16-13-10-7-2/h68-71,76H,6-67H2,1-5H3,(H,81,82)(H,83,84)/t69-,70+,71+/m0/s1. The molecule has 0 aromatic carbocycles. The van der Waals surface area contributed by atoms with E-state index in [9.17, 15) is 43.2 Å². The Labute approximate surface area is 575 Å². The summed E-state index contributed by atoms with van der Waals surface area (Å²) >= 11 is 0. The fourth-order valence-electron chi connectivity index (χ4n) is 11.5. The van der Waals surface area contributed by atoms with Crippen molar-refractivity contribution >= 4 is 39.5 Å². The quantitative estimate of drug-likeness (QED) is 0.0222. The minimum absolute atomic E-state index is 0.107. The Morgan fingerprint density at radius 1 is 0.287 bits per heavy atom. The predicted molar refractivity (Wildman–Crippen MR) is 382 cm³/mol. The molecule has 0 saturated heterocycles. The lowest BCUT2D eigenvalue weighted by Gasteiger charge is -2.21. The van der Waals surface area contributed by atoms with Gasteiger partial charge in [0.15, 0.2) is 12.2 Å². The van der Waals surface area contributed by atoms with E-state index in [1.807, 2.05) is 0 Å². The molecule has 0 fully saturated rings. The molecule has 0 bridgehead atoms. The van der Waals surface area contributed by atoms with Gasteiger partial charge in [0.2, 0.25) is 0 Å². The summed E-state index contributed by atoms with van der Waals surface area (Å²) < 4.78 is 68.4. The van der Waals surface area contributed by atoms with Crippen molar-refractivity contribution in [1.82, 2.24) is 0 Å². The zero-order valence-electron chi connectivity index (χ0n) is 61.1. The molecule has 2 unspecified atom stereocenters. The first-order valence-electron chi connectivity index (χ1n) is 39.1. The van der Waals surface area contributed by atoms with E-state index in [-0.39, 0.29) is 25.7 Å². The minimum atomic E-state index is -4.95. The molecule has 0 spiro atoms. The summed E-state index contributed by atoms with van der Waals surface area (Å²) in [4.78, 5) is 72.6. The van der Waals surface area contributed by atoms with Crippen LogP contribution in [0.25, 0.3) is 0 Å². The van der Waals surface area contributed by atoms with Gasteiger partial charge in [-0.2, -0.15) is 0 Å². The summed E-state index contributed by atoms with van der Waals surface area (Å²) in [7, 11) is -9.90. The third-order valence-corrected chi connectivity index (χ3v) is 19.4. The van der Waals surface area contributed by atoms with E-state index >= 15 is 0 Å². The lowest BCUT2D eigenvalue weighted by molar-refractivity contribution is -0.161. The van der Waals surface area contributed by atoms with Crippen molar-refractivity contribution in [2.24, 2.45) is 5.92 Å². The van der Waals surface area contributed by atoms with Gasteiger partial charge in [-0.1, -0.05) is 343 Å². The number of phosphoric acid groups is 2. The molecule has 19 heteroatoms. The van der Waals surface area contributed by atoms with Gasteiger partial charge in [-0.3, -0.25) is 37.3 Å². The van der Waals surface area contributed by atoms with Gasteiger partial charge in [0.25, 0.3) is 0 Å². The van der Waals surface area contributed by atoms with Gasteiger partial charge in [0, 0.05) is 25.7 Å². The van der Waals surface area contributed by atoms with Crippen LogP contribution in [0.1, 0.15) is 394 Å². The molecule has 0 radical (unpaired) electrons. The summed E-state index contributed by atoms with van der Waals surface area (Å²) in [5.74, 6) is -1.35. The van der Waals surface area contributed by atoms with Crippen LogP contribution in [-0.2, 0) is 65.4 Å². The number of aliphatic hydroxyl groups is 1. The summed E-state index contributed by atoms with van der Waals surface area (Å²) in [5.41, 5.74) is 0. The molecule has 3 N–H and O–H groups in total. The number of hydrogen-bond acceptors (Lipinski definition) is 15. The summed E-state index contributed by atoms with van der Waals surface area (Å²) in [5, 5.41) is 10.6. The maximum Gasteiger partial charge on any atom is 0.472 e. The van der Waals surface area contributed by atoms with Crippen molar-refractivity contribution < 1.29 is 80.2 Å². The molecule has 558 valence electrons. The van der Waals surface area contributed by atoms with Crippen LogP contribution in [0.4, 0.5) is 0 Å². The van der Waals surface area contributed by atoms with E-state index in [1.165, 1.54) is 205 Å². The van der Waals surface area contributed by atoms with E-state index in [2.05, 4.69) is 34.6 Å². The monoisotopic (exact) mass is 1380 g/mol. The molecule has 0 aliphatic rings. The van der Waals surface area contributed by atoms with Gasteiger partial charge in [-0.25, -0.2) is 9.13 Å². The Bertz CT molecular complexity index is 1810. The zero-order chi connectivity index (χ0) is 69.1. The number of ether oxygens (including phenoxy) is 4. The van der Waals surface area contributed by atoms with Gasteiger partial charge < -0.3 is 33.8 Å². The second-order valence-corrected chi connectivity index (χ2v) is 30.4. The fourth-order valence-corrected chi connectivity index (χ4v) is 13.1. The first-order valence-corrected chi connectivity index (χ1v) is 42.1. The van der Waals surface area contributed by atoms with E-state index in [1.54, 1.807) is 0 Å². The molecule has 0 aromatic heterocycles. The van der Waals surface area contributed by atoms with E-state index in [0.717, 1.165) is 109 Å². The third-order valence-electron chi connectivity index (χ3n) is 17.5. The predicted octanol–water partition coefficient (Wildman–Crippen LogP) is 22.1. The lowest BCUT2D eigenvalue weighted by Crippen LogP contribution is -2.30. The number of esters is 4. The first kappa shape index (κ1) is 92.1. The van der Waals surface area contributed by atoms with Crippen molar-refractivity contribution in [1.29, 1.82) is 0 Å². The number of hydrogen-bond donors (Lipinski definition) is 3. The molecule has 0 saturated carbocycles. The van der Waals surface area contributed by atoms with E-state index in [4.69, 9.17) is 37.0 Å². The van der Waals surface area contributed by atoms with Crippen LogP contribution in [0, 0.1) is 5.92 Å². The van der Waals surface area contributed by atoms with Crippen LogP contribution >= 0.6 is 15.6 Å². The second-order valence-electron chi connectivity index (χ2n) is 27.5. The number of carbonyl (C=O) groups excluding carboxylic acids is 4. The number of phosphoric ester groups is 2. The third kappa shape index (κ3) is 68.6. The van der Waals surface area contributed by atoms with Crippen molar-refractivity contribution in [2.45, 2.75) is 412 Å². The molecule has 5 atom stereocenters. The van der Waals surface area contributed by atoms with Crippen LogP contribution in [0.3, 0.4) is 0 Å². The summed E-state index contributed by atoms with van der Waals surface area (Å²) in [6.45, 7) is 7.24. The fraction of sp³-hybridized carbons (Fsp3) is 0.947. The molecule has 17 nitrogen and oxygen atoms in total. The smallest absolute Gasteiger partial charge is 0.462 e. The van der Waals surface area contributed by atoms with Crippen LogP contribution in [0.5, 0.6) is 0 Å². The normalized spacial score (nSPS) is 14.0. The average molecular weight is 1380 g/mol. The van der Waals surface area contributed by atoms with Gasteiger partial charge in [-0.05, 0) is 31.6 Å². The highest BCUT2D eigenvalue weighted by Gasteiger charge is 2.30. The van der Waals surface area contributed by atoms with Crippen LogP contribution in [-0.4, -0.2) is 96.7 Å². The number of carbonyl (C=O) groups is 4. The van der Waals surface area contributed by atoms with Crippen molar-refractivity contribution in [3.05, 3.63) is 0 Å². The zero-order valence-corrected chi connectivity index (χ0v) is 62.9. The highest BCUT2D eigenvalue weighted by molar-refractivity contribution is 7.47. The molecule has 0 rings (SSSR count). The van der Waals surface area contributed by atoms with Gasteiger partial charge in [0.1, 0.15) is 19.3 Å². The molecule has 94 heavy (non-hydrogen) atoms. The molecule has 0 heterocycles. The highest BCUT2D eigenvalue weighted by atomic mass is 31.2. The van der Waals surface area contributed by atoms with E-state index in [0.29, 0.717) is 25.7 Å².